The largest absolute Gasteiger partial charge is 0.368 e. The minimum Gasteiger partial charge on any atom is -0.368 e. The quantitative estimate of drug-likeness (QED) is 0.604. The SMILES string of the molecule is O=C(NCCc1cccc(Cl)c1)c1ccc(NCCc2ccc(F)cc2)nn1. The van der Waals surface area contributed by atoms with Crippen molar-refractivity contribution < 1.29 is 9.18 Å². The Morgan fingerprint density at radius 1 is 0.929 bits per heavy atom. The predicted octanol–water partition coefficient (Wildman–Crippen LogP) is 3.90. The number of halogens is 2. The van der Waals surface area contributed by atoms with Crippen LogP contribution in [0.5, 0.6) is 0 Å². The normalized spacial score (nSPS) is 10.5. The lowest BCUT2D eigenvalue weighted by atomic mass is 10.1. The number of nitrogens with zero attached hydrogens (tertiary/aromatic N) is 2. The number of hydrogen-bond donors (Lipinski definition) is 2. The van der Waals surface area contributed by atoms with Gasteiger partial charge in [0.15, 0.2) is 5.69 Å². The molecule has 0 unspecified atom stereocenters. The summed E-state index contributed by atoms with van der Waals surface area (Å²) in [5, 5.41) is 14.6. The molecule has 7 heteroatoms. The van der Waals surface area contributed by atoms with Crippen LogP contribution in [0.25, 0.3) is 0 Å². The van der Waals surface area contributed by atoms with Gasteiger partial charge >= 0.3 is 0 Å². The summed E-state index contributed by atoms with van der Waals surface area (Å²) in [7, 11) is 0. The van der Waals surface area contributed by atoms with Crippen LogP contribution in [0.4, 0.5) is 10.2 Å². The minimum atomic E-state index is -0.271. The van der Waals surface area contributed by atoms with Gasteiger partial charge in [-0.05, 0) is 60.4 Å². The van der Waals surface area contributed by atoms with Gasteiger partial charge in [-0.2, -0.15) is 0 Å². The van der Waals surface area contributed by atoms with Crippen molar-refractivity contribution in [2.45, 2.75) is 12.8 Å². The molecule has 0 fully saturated rings. The molecule has 28 heavy (non-hydrogen) atoms. The van der Waals surface area contributed by atoms with Gasteiger partial charge in [0.05, 0.1) is 0 Å². The maximum Gasteiger partial charge on any atom is 0.271 e. The second-order valence-electron chi connectivity index (χ2n) is 6.24. The zero-order valence-corrected chi connectivity index (χ0v) is 15.9. The van der Waals surface area contributed by atoms with Gasteiger partial charge in [-0.25, -0.2) is 4.39 Å². The molecule has 3 rings (SSSR count). The maximum absolute atomic E-state index is 12.9. The number of rotatable bonds is 8. The van der Waals surface area contributed by atoms with E-state index in [4.69, 9.17) is 11.6 Å². The Kier molecular flexibility index (Phi) is 6.92. The predicted molar refractivity (Wildman–Crippen MR) is 108 cm³/mol. The Morgan fingerprint density at radius 2 is 1.71 bits per heavy atom. The van der Waals surface area contributed by atoms with Crippen LogP contribution in [0.3, 0.4) is 0 Å². The van der Waals surface area contributed by atoms with E-state index in [1.165, 1.54) is 12.1 Å². The Hall–Kier alpha value is -2.99. The number of carbonyl (C=O) groups excluding carboxylic acids is 1. The summed E-state index contributed by atoms with van der Waals surface area (Å²) < 4.78 is 12.9. The zero-order chi connectivity index (χ0) is 19.8. The van der Waals surface area contributed by atoms with Gasteiger partial charge in [0.25, 0.3) is 5.91 Å². The summed E-state index contributed by atoms with van der Waals surface area (Å²) in [6.45, 7) is 1.12. The van der Waals surface area contributed by atoms with Gasteiger partial charge in [-0.3, -0.25) is 4.79 Å². The number of anilines is 1. The van der Waals surface area contributed by atoms with Crippen LogP contribution in [-0.2, 0) is 12.8 Å². The first-order valence-electron chi connectivity index (χ1n) is 8.95. The third kappa shape index (κ3) is 6.03. The lowest BCUT2D eigenvalue weighted by Gasteiger charge is -2.07. The Morgan fingerprint density at radius 3 is 2.43 bits per heavy atom. The maximum atomic E-state index is 12.9. The van der Waals surface area contributed by atoms with Crippen molar-refractivity contribution in [1.29, 1.82) is 0 Å². The van der Waals surface area contributed by atoms with Gasteiger partial charge in [0.1, 0.15) is 11.6 Å². The van der Waals surface area contributed by atoms with Crippen molar-refractivity contribution in [3.63, 3.8) is 0 Å². The fourth-order valence-electron chi connectivity index (χ4n) is 2.64. The monoisotopic (exact) mass is 398 g/mol. The lowest BCUT2D eigenvalue weighted by Crippen LogP contribution is -2.26. The average molecular weight is 399 g/mol. The second kappa shape index (κ2) is 9.80. The number of carbonyl (C=O) groups is 1. The molecule has 144 valence electrons. The molecule has 1 aromatic heterocycles. The highest BCUT2D eigenvalue weighted by molar-refractivity contribution is 6.30. The highest BCUT2D eigenvalue weighted by Gasteiger charge is 2.08. The molecule has 2 N–H and O–H groups in total. The molecule has 1 heterocycles. The third-order valence-corrected chi connectivity index (χ3v) is 4.35. The molecule has 0 atom stereocenters. The standard InChI is InChI=1S/C21H20ClFN4O/c22-17-3-1-2-16(14-17)11-13-25-21(28)19-8-9-20(27-26-19)24-12-10-15-4-6-18(23)7-5-15/h1-9,14H,10-13H2,(H,24,27)(H,25,28). The third-order valence-electron chi connectivity index (χ3n) is 4.12. The molecule has 5 nitrogen and oxygen atoms in total. The van der Waals surface area contributed by atoms with E-state index in [1.807, 2.05) is 24.3 Å². The molecule has 0 saturated heterocycles. The van der Waals surface area contributed by atoms with Crippen LogP contribution in [-0.4, -0.2) is 29.2 Å². The van der Waals surface area contributed by atoms with E-state index in [9.17, 15) is 9.18 Å². The first-order valence-corrected chi connectivity index (χ1v) is 9.32. The molecule has 0 aliphatic rings. The number of benzene rings is 2. The Bertz CT molecular complexity index is 916. The van der Waals surface area contributed by atoms with E-state index < -0.39 is 0 Å². The fraction of sp³-hybridized carbons (Fsp3) is 0.190. The van der Waals surface area contributed by atoms with Crippen LogP contribution in [0.1, 0.15) is 21.6 Å². The number of aromatic nitrogens is 2. The summed E-state index contributed by atoms with van der Waals surface area (Å²) in [5.41, 5.74) is 2.34. The highest BCUT2D eigenvalue weighted by atomic mass is 35.5. The first-order chi connectivity index (χ1) is 13.6. The number of hydrogen-bond acceptors (Lipinski definition) is 4. The van der Waals surface area contributed by atoms with Crippen molar-refractivity contribution in [2.75, 3.05) is 18.4 Å². The van der Waals surface area contributed by atoms with Crippen LogP contribution >= 0.6 is 11.6 Å². The summed E-state index contributed by atoms with van der Waals surface area (Å²) in [4.78, 5) is 12.1. The number of amides is 1. The molecule has 0 aliphatic carbocycles. The summed E-state index contributed by atoms with van der Waals surface area (Å²) in [6.07, 6.45) is 1.41. The van der Waals surface area contributed by atoms with Crippen LogP contribution in [0.15, 0.2) is 60.7 Å². The highest BCUT2D eigenvalue weighted by Crippen LogP contribution is 2.11. The van der Waals surface area contributed by atoms with Crippen molar-refractivity contribution in [3.8, 4) is 0 Å². The van der Waals surface area contributed by atoms with Crippen LogP contribution in [0.2, 0.25) is 5.02 Å². The molecule has 2 aromatic carbocycles. The van der Waals surface area contributed by atoms with Crippen LogP contribution < -0.4 is 10.6 Å². The molecular formula is C21H20ClFN4O. The van der Waals surface area contributed by atoms with Crippen LogP contribution in [0, 0.1) is 5.82 Å². The van der Waals surface area contributed by atoms with Gasteiger partial charge in [0, 0.05) is 18.1 Å². The molecule has 0 spiro atoms. The lowest BCUT2D eigenvalue weighted by molar-refractivity contribution is 0.0948. The summed E-state index contributed by atoms with van der Waals surface area (Å²) in [6, 6.07) is 17.2. The van der Waals surface area contributed by atoms with Crippen molar-refractivity contribution in [2.24, 2.45) is 0 Å². The van der Waals surface area contributed by atoms with E-state index in [2.05, 4.69) is 20.8 Å². The first kappa shape index (κ1) is 19.8. The number of nitrogens with one attached hydrogen (secondary N) is 2. The van der Waals surface area contributed by atoms with E-state index in [-0.39, 0.29) is 17.4 Å². The summed E-state index contributed by atoms with van der Waals surface area (Å²) >= 11 is 5.95. The Labute approximate surface area is 168 Å². The molecule has 1 amide bonds. The van der Waals surface area contributed by atoms with Gasteiger partial charge < -0.3 is 10.6 Å². The molecule has 0 aliphatic heterocycles. The molecular weight excluding hydrogens is 379 g/mol. The van der Waals surface area contributed by atoms with E-state index in [0.717, 1.165) is 17.5 Å². The van der Waals surface area contributed by atoms with Gasteiger partial charge in [0.2, 0.25) is 0 Å². The van der Waals surface area contributed by atoms with Crippen molar-refractivity contribution >= 4 is 23.3 Å². The topological polar surface area (TPSA) is 66.9 Å². The summed E-state index contributed by atoms with van der Waals surface area (Å²) in [5.74, 6) is 0.0639. The average Bonchev–Trinajstić information content (AvgIpc) is 2.70. The van der Waals surface area contributed by atoms with Crippen molar-refractivity contribution in [1.82, 2.24) is 15.5 Å². The smallest absolute Gasteiger partial charge is 0.271 e. The zero-order valence-electron chi connectivity index (χ0n) is 15.2. The van der Waals surface area contributed by atoms with E-state index >= 15 is 0 Å². The van der Waals surface area contributed by atoms with Gasteiger partial charge in [-0.15, -0.1) is 10.2 Å². The fourth-order valence-corrected chi connectivity index (χ4v) is 2.85. The molecule has 0 saturated carbocycles. The van der Waals surface area contributed by atoms with Gasteiger partial charge in [-0.1, -0.05) is 35.9 Å². The molecule has 3 aromatic rings. The van der Waals surface area contributed by atoms with E-state index in [0.29, 0.717) is 30.4 Å². The minimum absolute atomic E-state index is 0.246. The molecule has 0 bridgehead atoms. The molecule has 0 radical (unpaired) electrons. The van der Waals surface area contributed by atoms with Crippen molar-refractivity contribution in [3.05, 3.63) is 88.3 Å². The van der Waals surface area contributed by atoms with E-state index in [1.54, 1.807) is 24.3 Å². The Balaban J connectivity index is 1.42. The second-order valence-corrected chi connectivity index (χ2v) is 6.68.